The molecule has 4 aromatic rings. The smallest absolute Gasteiger partial charge is 0.259 e. The van der Waals surface area contributed by atoms with Crippen molar-refractivity contribution < 1.29 is 9.32 Å². The molecular weight excluding hydrogens is 370 g/mol. The van der Waals surface area contributed by atoms with Crippen molar-refractivity contribution in [1.29, 1.82) is 0 Å². The summed E-state index contributed by atoms with van der Waals surface area (Å²) < 4.78 is 8.95. The van der Waals surface area contributed by atoms with Crippen LogP contribution in [0.2, 0.25) is 0 Å². The summed E-state index contributed by atoms with van der Waals surface area (Å²) in [6.07, 6.45) is 5.34. The molecule has 9 nitrogen and oxygen atoms in total. The molecule has 0 saturated carbocycles. The number of carbonyl (C=O) groups excluding carboxylic acids is 1. The van der Waals surface area contributed by atoms with Gasteiger partial charge in [-0.25, -0.2) is 4.98 Å². The molecule has 1 N–H and O–H groups in total. The van der Waals surface area contributed by atoms with Gasteiger partial charge in [0.15, 0.2) is 0 Å². The van der Waals surface area contributed by atoms with Crippen molar-refractivity contribution in [3.05, 3.63) is 47.2 Å². The van der Waals surface area contributed by atoms with Gasteiger partial charge in [0.2, 0.25) is 0 Å². The summed E-state index contributed by atoms with van der Waals surface area (Å²) in [7, 11) is 1.83. The van der Waals surface area contributed by atoms with Crippen molar-refractivity contribution in [1.82, 2.24) is 35.0 Å². The monoisotopic (exact) mass is 393 g/mol. The molecule has 4 rings (SSSR count). The minimum Gasteiger partial charge on any atom is -0.345 e. The first-order valence-electron chi connectivity index (χ1n) is 9.48. The normalized spacial score (nSPS) is 12.4. The van der Waals surface area contributed by atoms with Crippen molar-refractivity contribution in [3.8, 4) is 11.3 Å². The molecule has 4 aromatic heterocycles. The first-order chi connectivity index (χ1) is 13.9. The summed E-state index contributed by atoms with van der Waals surface area (Å²) in [6, 6.07) is 1.56. The third-order valence-electron chi connectivity index (χ3n) is 5.12. The molecule has 29 heavy (non-hydrogen) atoms. The summed E-state index contributed by atoms with van der Waals surface area (Å²) in [4.78, 5) is 17.7. The van der Waals surface area contributed by atoms with E-state index in [1.807, 2.05) is 38.7 Å². The number of nitrogens with zero attached hydrogens (tertiary/aromatic N) is 6. The van der Waals surface area contributed by atoms with E-state index in [2.05, 4.69) is 25.7 Å². The number of pyridine rings is 1. The molecule has 1 amide bonds. The number of hydrogen-bond acceptors (Lipinski definition) is 6. The summed E-state index contributed by atoms with van der Waals surface area (Å²) in [6.45, 7) is 8.57. The lowest BCUT2D eigenvalue weighted by atomic mass is 10.1. The minimum atomic E-state index is -0.218. The largest absolute Gasteiger partial charge is 0.345 e. The van der Waals surface area contributed by atoms with Crippen LogP contribution in [0, 0.1) is 13.8 Å². The highest BCUT2D eigenvalue weighted by atomic mass is 16.5. The SMILES string of the molecule is CCn1ncc(C(C)NC(=O)c2cc(-c3cnn(C)c3)nc3onc(C)c23)c1C. The van der Waals surface area contributed by atoms with Gasteiger partial charge >= 0.3 is 0 Å². The van der Waals surface area contributed by atoms with E-state index >= 15 is 0 Å². The van der Waals surface area contributed by atoms with Gasteiger partial charge in [-0.3, -0.25) is 14.2 Å². The molecular formula is C20H23N7O2. The number of rotatable bonds is 5. The van der Waals surface area contributed by atoms with E-state index in [0.717, 1.165) is 23.4 Å². The van der Waals surface area contributed by atoms with Crippen LogP contribution in [0.4, 0.5) is 0 Å². The molecule has 4 heterocycles. The lowest BCUT2D eigenvalue weighted by molar-refractivity contribution is 0.0941. The van der Waals surface area contributed by atoms with E-state index in [4.69, 9.17) is 4.52 Å². The second-order valence-corrected chi connectivity index (χ2v) is 7.10. The van der Waals surface area contributed by atoms with Gasteiger partial charge in [-0.15, -0.1) is 0 Å². The number of fused-ring (bicyclic) bond motifs is 1. The first-order valence-corrected chi connectivity index (χ1v) is 9.48. The second-order valence-electron chi connectivity index (χ2n) is 7.10. The maximum atomic E-state index is 13.2. The average Bonchev–Trinajstić information content (AvgIpc) is 3.40. The third kappa shape index (κ3) is 3.28. The highest BCUT2D eigenvalue weighted by molar-refractivity contribution is 6.07. The fraction of sp³-hybridized carbons (Fsp3) is 0.350. The van der Waals surface area contributed by atoms with Crippen LogP contribution in [0.5, 0.6) is 0 Å². The van der Waals surface area contributed by atoms with Crippen LogP contribution < -0.4 is 5.32 Å². The minimum absolute atomic E-state index is 0.201. The standard InChI is InChI=1S/C20H23N7O2/c1-6-27-13(4)16(9-22-27)11(2)23-19(28)15-7-17(14-8-21-26(5)10-14)24-20-18(15)12(3)25-29-20/h7-11H,6H2,1-5H3,(H,23,28). The van der Waals surface area contributed by atoms with Crippen molar-refractivity contribution in [2.24, 2.45) is 7.05 Å². The zero-order chi connectivity index (χ0) is 20.7. The summed E-state index contributed by atoms with van der Waals surface area (Å²) in [5.41, 5.74) is 4.85. The van der Waals surface area contributed by atoms with Gasteiger partial charge in [0, 0.05) is 36.6 Å². The molecule has 0 aliphatic carbocycles. The fourth-order valence-corrected chi connectivity index (χ4v) is 3.53. The maximum absolute atomic E-state index is 13.2. The molecule has 0 aliphatic rings. The summed E-state index contributed by atoms with van der Waals surface area (Å²) in [5, 5.41) is 16.2. The van der Waals surface area contributed by atoms with Gasteiger partial charge < -0.3 is 9.84 Å². The van der Waals surface area contributed by atoms with E-state index in [1.54, 1.807) is 30.1 Å². The highest BCUT2D eigenvalue weighted by Crippen LogP contribution is 2.27. The van der Waals surface area contributed by atoms with E-state index in [1.165, 1.54) is 0 Å². The highest BCUT2D eigenvalue weighted by Gasteiger charge is 2.22. The van der Waals surface area contributed by atoms with E-state index in [0.29, 0.717) is 28.1 Å². The van der Waals surface area contributed by atoms with Gasteiger partial charge in [0.1, 0.15) is 0 Å². The topological polar surface area (TPSA) is 104 Å². The number of amides is 1. The predicted molar refractivity (Wildman–Crippen MR) is 107 cm³/mol. The quantitative estimate of drug-likeness (QED) is 0.559. The number of carbonyl (C=O) groups is 1. The molecule has 0 fully saturated rings. The summed E-state index contributed by atoms with van der Waals surface area (Å²) in [5.74, 6) is -0.218. The van der Waals surface area contributed by atoms with E-state index in [9.17, 15) is 4.79 Å². The molecule has 1 atom stereocenters. The summed E-state index contributed by atoms with van der Waals surface area (Å²) >= 11 is 0. The lowest BCUT2D eigenvalue weighted by Crippen LogP contribution is -2.27. The molecule has 1 unspecified atom stereocenters. The fourth-order valence-electron chi connectivity index (χ4n) is 3.53. The average molecular weight is 393 g/mol. The van der Waals surface area contributed by atoms with Gasteiger partial charge in [0.05, 0.1) is 40.8 Å². The van der Waals surface area contributed by atoms with Crippen LogP contribution in [0.15, 0.2) is 29.2 Å². The van der Waals surface area contributed by atoms with Crippen molar-refractivity contribution in [2.45, 2.75) is 40.3 Å². The Morgan fingerprint density at radius 1 is 1.28 bits per heavy atom. The number of nitrogens with one attached hydrogen (secondary N) is 1. The zero-order valence-corrected chi connectivity index (χ0v) is 17.1. The third-order valence-corrected chi connectivity index (χ3v) is 5.12. The molecule has 150 valence electrons. The Balaban J connectivity index is 1.72. The van der Waals surface area contributed by atoms with Crippen molar-refractivity contribution >= 4 is 17.0 Å². The van der Waals surface area contributed by atoms with E-state index < -0.39 is 0 Å². The second kappa shape index (κ2) is 7.16. The number of aryl methyl sites for hydroxylation is 3. The zero-order valence-electron chi connectivity index (χ0n) is 17.1. The molecule has 0 radical (unpaired) electrons. The molecule has 0 aromatic carbocycles. The van der Waals surface area contributed by atoms with Crippen molar-refractivity contribution in [3.63, 3.8) is 0 Å². The van der Waals surface area contributed by atoms with Gasteiger partial charge in [-0.1, -0.05) is 5.16 Å². The van der Waals surface area contributed by atoms with Crippen LogP contribution in [0.1, 0.15) is 47.2 Å². The molecule has 0 spiro atoms. The predicted octanol–water partition coefficient (Wildman–Crippen LogP) is 2.95. The van der Waals surface area contributed by atoms with Gasteiger partial charge in [0.25, 0.3) is 11.6 Å². The van der Waals surface area contributed by atoms with Crippen LogP contribution in [-0.4, -0.2) is 35.6 Å². The Bertz CT molecular complexity index is 1200. The van der Waals surface area contributed by atoms with Crippen LogP contribution in [0.3, 0.4) is 0 Å². The Morgan fingerprint density at radius 2 is 2.07 bits per heavy atom. The molecule has 0 aliphatic heterocycles. The van der Waals surface area contributed by atoms with Gasteiger partial charge in [-0.2, -0.15) is 10.2 Å². The number of aromatic nitrogens is 6. The van der Waals surface area contributed by atoms with Crippen LogP contribution >= 0.6 is 0 Å². The van der Waals surface area contributed by atoms with Crippen LogP contribution in [-0.2, 0) is 13.6 Å². The maximum Gasteiger partial charge on any atom is 0.259 e. The lowest BCUT2D eigenvalue weighted by Gasteiger charge is -2.15. The van der Waals surface area contributed by atoms with Gasteiger partial charge in [-0.05, 0) is 33.8 Å². The Kier molecular flexibility index (Phi) is 4.65. The molecule has 9 heteroatoms. The van der Waals surface area contributed by atoms with E-state index in [-0.39, 0.29) is 11.9 Å². The molecule has 0 saturated heterocycles. The number of hydrogen-bond donors (Lipinski definition) is 1. The van der Waals surface area contributed by atoms with Crippen LogP contribution in [0.25, 0.3) is 22.4 Å². The Labute approximate surface area is 167 Å². The Morgan fingerprint density at radius 3 is 2.72 bits per heavy atom. The van der Waals surface area contributed by atoms with Crippen molar-refractivity contribution in [2.75, 3.05) is 0 Å². The first kappa shape index (κ1) is 18.9. The Hall–Kier alpha value is -3.49. The molecule has 0 bridgehead atoms.